The van der Waals surface area contributed by atoms with Crippen LogP contribution < -0.4 is 15.4 Å². The van der Waals surface area contributed by atoms with E-state index in [0.29, 0.717) is 17.9 Å². The van der Waals surface area contributed by atoms with Crippen molar-refractivity contribution in [3.63, 3.8) is 0 Å². The van der Waals surface area contributed by atoms with Gasteiger partial charge in [-0.3, -0.25) is 4.79 Å². The number of carbonyl (C=O) groups excluding carboxylic acids is 1. The fraction of sp³-hybridized carbons (Fsp3) is 0.533. The number of hydrogen-bond donors (Lipinski definition) is 2. The first-order valence-corrected chi connectivity index (χ1v) is 8.11. The van der Waals surface area contributed by atoms with Crippen molar-refractivity contribution < 1.29 is 18.3 Å². The van der Waals surface area contributed by atoms with E-state index in [1.165, 1.54) is 12.1 Å². The van der Waals surface area contributed by atoms with Gasteiger partial charge in [0.2, 0.25) is 5.91 Å². The molecule has 8 heteroatoms. The maximum Gasteiger partial charge on any atom is 0.387 e. The molecule has 0 saturated carbocycles. The summed E-state index contributed by atoms with van der Waals surface area (Å²) in [5.41, 5.74) is 0.318. The van der Waals surface area contributed by atoms with Gasteiger partial charge in [0.05, 0.1) is 5.02 Å². The van der Waals surface area contributed by atoms with E-state index in [-0.39, 0.29) is 28.2 Å². The van der Waals surface area contributed by atoms with E-state index in [1.54, 1.807) is 0 Å². The average molecular weight is 367 g/mol. The predicted molar refractivity (Wildman–Crippen MR) is 85.2 cm³/mol. The maximum atomic E-state index is 12.5. The van der Waals surface area contributed by atoms with Crippen LogP contribution in [0.1, 0.15) is 24.8 Å². The van der Waals surface area contributed by atoms with E-state index in [4.69, 9.17) is 23.2 Å². The van der Waals surface area contributed by atoms with E-state index in [0.717, 1.165) is 25.9 Å². The van der Waals surface area contributed by atoms with Gasteiger partial charge in [-0.2, -0.15) is 8.78 Å². The Morgan fingerprint density at radius 3 is 2.87 bits per heavy atom. The highest BCUT2D eigenvalue weighted by molar-refractivity contribution is 6.35. The van der Waals surface area contributed by atoms with Crippen LogP contribution in [0.4, 0.5) is 8.78 Å². The largest absolute Gasteiger partial charge is 0.433 e. The van der Waals surface area contributed by atoms with Gasteiger partial charge in [-0.1, -0.05) is 23.2 Å². The van der Waals surface area contributed by atoms with Crippen LogP contribution in [-0.2, 0) is 11.3 Å². The summed E-state index contributed by atoms with van der Waals surface area (Å²) in [4.78, 5) is 11.9. The Balaban J connectivity index is 1.91. The number of ether oxygens (including phenoxy) is 1. The molecule has 1 atom stereocenters. The van der Waals surface area contributed by atoms with Gasteiger partial charge >= 0.3 is 6.61 Å². The van der Waals surface area contributed by atoms with Gasteiger partial charge in [-0.05, 0) is 44.0 Å². The second-order valence-corrected chi connectivity index (χ2v) is 6.27. The molecule has 4 nitrogen and oxygen atoms in total. The number of rotatable bonds is 7. The molecule has 0 bridgehead atoms. The number of halogens is 4. The van der Waals surface area contributed by atoms with Gasteiger partial charge in [0.15, 0.2) is 0 Å². The Morgan fingerprint density at radius 1 is 1.43 bits per heavy atom. The van der Waals surface area contributed by atoms with Crippen molar-refractivity contribution in [2.24, 2.45) is 5.92 Å². The topological polar surface area (TPSA) is 50.4 Å². The fourth-order valence-electron chi connectivity index (χ4n) is 2.54. The molecular weight excluding hydrogens is 349 g/mol. The molecule has 1 heterocycles. The Labute approximate surface area is 143 Å². The Kier molecular flexibility index (Phi) is 6.87. The summed E-state index contributed by atoms with van der Waals surface area (Å²) in [5, 5.41) is 6.21. The van der Waals surface area contributed by atoms with Crippen molar-refractivity contribution in [2.45, 2.75) is 32.4 Å². The third-order valence-electron chi connectivity index (χ3n) is 3.71. The first-order valence-electron chi connectivity index (χ1n) is 7.36. The summed E-state index contributed by atoms with van der Waals surface area (Å²) in [6.45, 7) is -1.05. The fourth-order valence-corrected chi connectivity index (χ4v) is 3.12. The minimum Gasteiger partial charge on any atom is -0.433 e. The predicted octanol–water partition coefficient (Wildman–Crippen LogP) is 3.60. The molecule has 1 unspecified atom stereocenters. The van der Waals surface area contributed by atoms with E-state index in [1.807, 2.05) is 0 Å². The van der Waals surface area contributed by atoms with Crippen molar-refractivity contribution >= 4 is 29.1 Å². The molecule has 128 valence electrons. The van der Waals surface area contributed by atoms with Gasteiger partial charge in [0.1, 0.15) is 5.75 Å². The van der Waals surface area contributed by atoms with Crippen LogP contribution in [0, 0.1) is 5.92 Å². The maximum absolute atomic E-state index is 12.5. The van der Waals surface area contributed by atoms with Crippen molar-refractivity contribution in [2.75, 3.05) is 13.1 Å². The molecule has 23 heavy (non-hydrogen) atoms. The van der Waals surface area contributed by atoms with Crippen LogP contribution in [0.2, 0.25) is 10.0 Å². The van der Waals surface area contributed by atoms with E-state index in [9.17, 15) is 13.6 Å². The van der Waals surface area contributed by atoms with Crippen LogP contribution in [0.25, 0.3) is 0 Å². The molecular formula is C15H18Cl2F2N2O2. The lowest BCUT2D eigenvalue weighted by Gasteiger charge is -2.14. The number of hydrogen-bond acceptors (Lipinski definition) is 3. The third-order valence-corrected chi connectivity index (χ3v) is 4.21. The highest BCUT2D eigenvalue weighted by Gasteiger charge is 2.18. The summed E-state index contributed by atoms with van der Waals surface area (Å²) < 4.78 is 29.4. The molecule has 0 aliphatic carbocycles. The number of alkyl halides is 2. The van der Waals surface area contributed by atoms with Crippen LogP contribution in [0.15, 0.2) is 12.1 Å². The lowest BCUT2D eigenvalue weighted by Crippen LogP contribution is -2.24. The minimum absolute atomic E-state index is 0.0147. The zero-order chi connectivity index (χ0) is 16.8. The zero-order valence-corrected chi connectivity index (χ0v) is 13.9. The summed E-state index contributed by atoms with van der Waals surface area (Å²) >= 11 is 11.8. The van der Waals surface area contributed by atoms with Crippen LogP contribution in [0.5, 0.6) is 5.75 Å². The molecule has 1 saturated heterocycles. The minimum atomic E-state index is -3.00. The standard InChI is InChI=1S/C15H18Cl2F2N2O2/c16-11-5-10(14(12(17)6-11)23-15(18)19)8-21-13(22)2-1-9-3-4-20-7-9/h5-6,9,15,20H,1-4,7-8H2,(H,21,22). The first kappa shape index (κ1) is 18.2. The van der Waals surface area contributed by atoms with E-state index < -0.39 is 6.61 Å². The van der Waals surface area contributed by atoms with Gasteiger partial charge in [-0.15, -0.1) is 0 Å². The van der Waals surface area contributed by atoms with Gasteiger partial charge < -0.3 is 15.4 Å². The van der Waals surface area contributed by atoms with Crippen LogP contribution >= 0.6 is 23.2 Å². The average Bonchev–Trinajstić information content (AvgIpc) is 2.99. The van der Waals surface area contributed by atoms with Crippen LogP contribution in [0.3, 0.4) is 0 Å². The zero-order valence-electron chi connectivity index (χ0n) is 12.4. The van der Waals surface area contributed by atoms with Crippen molar-refractivity contribution in [3.8, 4) is 5.75 Å². The van der Waals surface area contributed by atoms with E-state index >= 15 is 0 Å². The second kappa shape index (κ2) is 8.66. The second-order valence-electron chi connectivity index (χ2n) is 5.43. The molecule has 2 rings (SSSR count). The molecule has 1 aromatic carbocycles. The summed E-state index contributed by atoms with van der Waals surface area (Å²) in [5.74, 6) is 0.210. The number of amides is 1. The van der Waals surface area contributed by atoms with Gasteiger partial charge in [0, 0.05) is 23.6 Å². The molecule has 1 aromatic rings. The number of nitrogens with one attached hydrogen (secondary N) is 2. The summed E-state index contributed by atoms with van der Waals surface area (Å²) in [7, 11) is 0. The third kappa shape index (κ3) is 5.79. The summed E-state index contributed by atoms with van der Waals surface area (Å²) in [6, 6.07) is 2.77. The van der Waals surface area contributed by atoms with Crippen molar-refractivity contribution in [3.05, 3.63) is 27.7 Å². The highest BCUT2D eigenvalue weighted by atomic mass is 35.5. The smallest absolute Gasteiger partial charge is 0.387 e. The summed E-state index contributed by atoms with van der Waals surface area (Å²) in [6.07, 6.45) is 2.27. The molecule has 1 aliphatic heterocycles. The van der Waals surface area contributed by atoms with Gasteiger partial charge in [0.25, 0.3) is 0 Å². The van der Waals surface area contributed by atoms with Crippen LogP contribution in [-0.4, -0.2) is 25.6 Å². The molecule has 1 fully saturated rings. The normalized spacial score (nSPS) is 17.5. The Hall–Kier alpha value is -1.11. The Bertz CT molecular complexity index is 553. The molecule has 0 aromatic heterocycles. The molecule has 1 amide bonds. The monoisotopic (exact) mass is 366 g/mol. The molecule has 2 N–H and O–H groups in total. The lowest BCUT2D eigenvalue weighted by molar-refractivity contribution is -0.121. The van der Waals surface area contributed by atoms with Gasteiger partial charge in [-0.25, -0.2) is 0 Å². The number of carbonyl (C=O) groups is 1. The van der Waals surface area contributed by atoms with Crippen molar-refractivity contribution in [1.82, 2.24) is 10.6 Å². The van der Waals surface area contributed by atoms with Crippen molar-refractivity contribution in [1.29, 1.82) is 0 Å². The van der Waals surface area contributed by atoms with E-state index in [2.05, 4.69) is 15.4 Å². The number of benzene rings is 1. The Morgan fingerprint density at radius 2 is 2.22 bits per heavy atom. The highest BCUT2D eigenvalue weighted by Crippen LogP contribution is 2.33. The first-order chi connectivity index (χ1) is 11.0. The lowest BCUT2D eigenvalue weighted by atomic mass is 10.0. The molecule has 0 spiro atoms. The quantitative estimate of drug-likeness (QED) is 0.774. The molecule has 0 radical (unpaired) electrons. The molecule has 1 aliphatic rings. The SMILES string of the molecule is O=C(CCC1CCNC1)NCc1cc(Cl)cc(Cl)c1OC(F)F.